The van der Waals surface area contributed by atoms with Gasteiger partial charge in [-0.15, -0.1) is 0 Å². The van der Waals surface area contributed by atoms with E-state index in [4.69, 9.17) is 40.0 Å². The molecule has 0 atom stereocenters. The summed E-state index contributed by atoms with van der Waals surface area (Å²) >= 11 is 11.2. The first-order valence-electron chi connectivity index (χ1n) is 7.34. The quantitative estimate of drug-likeness (QED) is 0.234. The maximum Gasteiger partial charge on any atom is 0.266 e. The molecule has 7 nitrogen and oxygen atoms in total. The van der Waals surface area contributed by atoms with Gasteiger partial charge in [0.1, 0.15) is 12.4 Å². The molecule has 25 heavy (non-hydrogen) atoms. The number of ether oxygens (including phenoxy) is 1. The summed E-state index contributed by atoms with van der Waals surface area (Å²) in [6.07, 6.45) is 1.67. The fraction of sp³-hybridized carbons (Fsp3) is 0.188. The van der Waals surface area contributed by atoms with Crippen molar-refractivity contribution in [3.63, 3.8) is 0 Å². The minimum atomic E-state index is -0.316. The minimum absolute atomic E-state index is 0.00208. The third kappa shape index (κ3) is 4.28. The highest BCUT2D eigenvalue weighted by Gasteiger charge is 2.11. The molecule has 0 amide bonds. The van der Waals surface area contributed by atoms with Gasteiger partial charge in [0.05, 0.1) is 28.2 Å². The van der Waals surface area contributed by atoms with Crippen molar-refractivity contribution in [2.75, 3.05) is 13.2 Å². The third-order valence-electron chi connectivity index (χ3n) is 3.32. The fourth-order valence-corrected chi connectivity index (χ4v) is 2.73. The molecule has 5 N–H and O–H groups in total. The summed E-state index contributed by atoms with van der Waals surface area (Å²) in [7, 11) is 0. The number of benzene rings is 1. The van der Waals surface area contributed by atoms with Gasteiger partial charge in [0.2, 0.25) is 0 Å². The summed E-state index contributed by atoms with van der Waals surface area (Å²) in [6.45, 7) is 6.01. The van der Waals surface area contributed by atoms with E-state index in [2.05, 4.69) is 16.6 Å². The van der Waals surface area contributed by atoms with Crippen LogP contribution in [0.1, 0.15) is 6.92 Å². The van der Waals surface area contributed by atoms with E-state index in [0.717, 1.165) is 0 Å². The molecule has 132 valence electrons. The molecule has 1 heterocycles. The fourth-order valence-electron chi connectivity index (χ4n) is 2.25. The number of aromatic nitrogens is 2. The van der Waals surface area contributed by atoms with Crippen LogP contribution in [0, 0.1) is 4.77 Å². The average molecular weight is 380 g/mol. The van der Waals surface area contributed by atoms with Gasteiger partial charge in [-0.3, -0.25) is 14.4 Å². The molecule has 2 aromatic rings. The zero-order chi connectivity index (χ0) is 18.6. The van der Waals surface area contributed by atoms with Gasteiger partial charge in [0, 0.05) is 0 Å². The largest absolute Gasteiger partial charge is 0.492 e. The van der Waals surface area contributed by atoms with Crippen molar-refractivity contribution in [2.45, 2.75) is 6.92 Å². The Kier molecular flexibility index (Phi) is 6.00. The number of aliphatic imine (C=N–C) groups is 1. The number of H-pyrrole nitrogens is 1. The average Bonchev–Trinajstić information content (AvgIpc) is 2.55. The number of hydrogen-bond acceptors (Lipinski definition) is 4. The molecule has 0 radical (unpaired) electrons. The second kappa shape index (κ2) is 8.00. The summed E-state index contributed by atoms with van der Waals surface area (Å²) in [5, 5.41) is 0.623. The third-order valence-corrected chi connectivity index (χ3v) is 3.79. The van der Waals surface area contributed by atoms with Gasteiger partial charge >= 0.3 is 0 Å². The molecule has 0 bridgehead atoms. The van der Waals surface area contributed by atoms with Crippen LogP contribution in [0.4, 0.5) is 0 Å². The van der Waals surface area contributed by atoms with E-state index in [9.17, 15) is 4.79 Å². The summed E-state index contributed by atoms with van der Waals surface area (Å²) in [4.78, 5) is 19.7. The number of fused-ring (bicyclic) bond motifs is 1. The molecule has 0 aliphatic rings. The Labute approximate surface area is 154 Å². The second-order valence-electron chi connectivity index (χ2n) is 5.01. The van der Waals surface area contributed by atoms with E-state index >= 15 is 0 Å². The highest BCUT2D eigenvalue weighted by molar-refractivity contribution is 7.71. The van der Waals surface area contributed by atoms with Crippen molar-refractivity contribution in [1.82, 2.24) is 9.55 Å². The molecule has 0 fully saturated rings. The Balaban J connectivity index is 2.47. The summed E-state index contributed by atoms with van der Waals surface area (Å²) in [6, 6.07) is 5.07. The van der Waals surface area contributed by atoms with Crippen molar-refractivity contribution < 1.29 is 4.74 Å². The molecule has 1 aromatic carbocycles. The van der Waals surface area contributed by atoms with Crippen molar-refractivity contribution >= 4 is 46.4 Å². The van der Waals surface area contributed by atoms with Crippen LogP contribution in [0.25, 0.3) is 16.6 Å². The maximum atomic E-state index is 12.9. The van der Waals surface area contributed by atoms with E-state index in [0.29, 0.717) is 28.9 Å². The Morgan fingerprint density at radius 1 is 1.52 bits per heavy atom. The van der Waals surface area contributed by atoms with Crippen molar-refractivity contribution in [3.8, 4) is 5.75 Å². The molecule has 1 aromatic heterocycles. The van der Waals surface area contributed by atoms with Gasteiger partial charge in [-0.1, -0.05) is 24.3 Å². The highest BCUT2D eigenvalue weighted by Crippen LogP contribution is 2.20. The van der Waals surface area contributed by atoms with Gasteiger partial charge < -0.3 is 21.2 Å². The second-order valence-corrected chi connectivity index (χ2v) is 5.85. The van der Waals surface area contributed by atoms with Crippen molar-refractivity contribution in [1.29, 1.82) is 0 Å². The molecule has 9 heteroatoms. The number of rotatable bonds is 6. The topological polar surface area (TPSA) is 111 Å². The molecular weight excluding hydrogens is 362 g/mol. The molecule has 2 rings (SSSR count). The molecule has 0 spiro atoms. The van der Waals surface area contributed by atoms with Gasteiger partial charge in [-0.2, -0.15) is 0 Å². The predicted octanol–water partition coefficient (Wildman–Crippen LogP) is 2.32. The summed E-state index contributed by atoms with van der Waals surface area (Å²) in [5.74, 6) is 0.511. The lowest BCUT2D eigenvalue weighted by Gasteiger charge is -2.11. The number of hydrogen-bond donors (Lipinski definition) is 3. The monoisotopic (exact) mass is 379 g/mol. The number of nitrogens with two attached hydrogens (primary N) is 2. The smallest absolute Gasteiger partial charge is 0.266 e. The van der Waals surface area contributed by atoms with E-state index in [-0.39, 0.29) is 27.9 Å². The van der Waals surface area contributed by atoms with Crippen LogP contribution in [-0.2, 0) is 0 Å². The number of nitrogens with one attached hydrogen (secondary N) is 1. The molecule has 0 aliphatic carbocycles. The number of guanidine groups is 1. The van der Waals surface area contributed by atoms with Gasteiger partial charge in [0.25, 0.3) is 5.56 Å². The summed E-state index contributed by atoms with van der Waals surface area (Å²) < 4.78 is 7.09. The number of halogens is 1. The van der Waals surface area contributed by atoms with Crippen LogP contribution in [0.15, 0.2) is 45.7 Å². The van der Waals surface area contributed by atoms with Gasteiger partial charge in [-0.05, 0) is 37.3 Å². The van der Waals surface area contributed by atoms with Crippen molar-refractivity contribution in [3.05, 3.63) is 51.0 Å². The normalized spacial score (nSPS) is 11.4. The first-order chi connectivity index (χ1) is 11.8. The standard InChI is InChI=1S/C16H18ClN5O2S/c1-3-13(9(2)17)22-14(23)11-8-10(24-7-6-20-15(18)19)4-5-12(11)21-16(22)25/h3-5,8H,2,6-7H2,1H3,(H,21,25)(H4,18,19,20)/b13-3+. The van der Waals surface area contributed by atoms with Gasteiger partial charge in [0.15, 0.2) is 10.7 Å². The minimum Gasteiger partial charge on any atom is -0.492 e. The molecule has 0 saturated heterocycles. The van der Waals surface area contributed by atoms with Crippen LogP contribution in [0.3, 0.4) is 0 Å². The lowest BCUT2D eigenvalue weighted by atomic mass is 10.2. The van der Waals surface area contributed by atoms with Crippen LogP contribution >= 0.6 is 23.8 Å². The number of aromatic amines is 1. The first kappa shape index (κ1) is 18.8. The lowest BCUT2D eigenvalue weighted by molar-refractivity contribution is 0.329. The highest BCUT2D eigenvalue weighted by atomic mass is 35.5. The number of nitrogens with zero attached hydrogens (tertiary/aromatic N) is 2. The SMILES string of the molecule is C=C(Cl)/C(=C\C)n1c(=S)[nH]c2ccc(OCCN=C(N)N)cc2c1=O. The zero-order valence-corrected chi connectivity index (χ0v) is 15.2. The van der Waals surface area contributed by atoms with Crippen LogP contribution in [0.2, 0.25) is 0 Å². The van der Waals surface area contributed by atoms with Gasteiger partial charge in [-0.25, -0.2) is 0 Å². The Bertz CT molecular complexity index is 986. The van der Waals surface area contributed by atoms with E-state index in [1.165, 1.54) is 4.57 Å². The Morgan fingerprint density at radius 2 is 2.24 bits per heavy atom. The van der Waals surface area contributed by atoms with E-state index in [1.54, 1.807) is 31.2 Å². The molecule has 0 unspecified atom stereocenters. The summed E-state index contributed by atoms with van der Waals surface area (Å²) in [5.41, 5.74) is 11.2. The number of allylic oxidation sites excluding steroid dienone is 3. The molecular formula is C16H18ClN5O2S. The van der Waals surface area contributed by atoms with E-state index < -0.39 is 0 Å². The molecule has 0 saturated carbocycles. The van der Waals surface area contributed by atoms with Crippen LogP contribution in [-0.4, -0.2) is 28.7 Å². The Morgan fingerprint density at radius 3 is 2.84 bits per heavy atom. The maximum absolute atomic E-state index is 12.9. The lowest BCUT2D eigenvalue weighted by Crippen LogP contribution is -2.23. The Hall–Kier alpha value is -2.58. The van der Waals surface area contributed by atoms with Crippen LogP contribution in [0.5, 0.6) is 5.75 Å². The first-order valence-corrected chi connectivity index (χ1v) is 8.12. The van der Waals surface area contributed by atoms with E-state index in [1.807, 2.05) is 0 Å². The van der Waals surface area contributed by atoms with Crippen LogP contribution < -0.4 is 21.8 Å². The predicted molar refractivity (Wildman–Crippen MR) is 105 cm³/mol. The molecule has 0 aliphatic heterocycles. The zero-order valence-electron chi connectivity index (χ0n) is 13.6. The van der Waals surface area contributed by atoms with Crippen molar-refractivity contribution in [2.24, 2.45) is 16.5 Å².